The van der Waals surface area contributed by atoms with Gasteiger partial charge in [0.2, 0.25) is 0 Å². The Morgan fingerprint density at radius 2 is 1.94 bits per heavy atom. The normalized spacial score (nSPS) is 12.8. The number of rotatable bonds is 2. The molecule has 1 atom stereocenters. The largest absolute Gasteiger partial charge is 0.207 e. The molecule has 0 nitrogen and oxygen atoms in total. The molecule has 0 aliphatic heterocycles. The van der Waals surface area contributed by atoms with Crippen LogP contribution in [0.25, 0.3) is 0 Å². The van der Waals surface area contributed by atoms with Gasteiger partial charge < -0.3 is 0 Å². The first kappa shape index (κ1) is 13.5. The van der Waals surface area contributed by atoms with Crippen LogP contribution in [0.3, 0.4) is 0 Å². The Morgan fingerprint density at radius 1 is 1.24 bits per heavy atom. The van der Waals surface area contributed by atoms with Crippen molar-refractivity contribution in [1.29, 1.82) is 0 Å². The first-order valence-corrected chi connectivity index (χ1v) is 7.68. The molecule has 0 bridgehead atoms. The standard InChI is InChI=1S/C12H8Br2ClFS/c1-6-2-3-7(16)4-8(6)11(15)9-5-10(13)17-12(9)14/h2-5,11H,1H3. The fourth-order valence-corrected chi connectivity index (χ4v) is 5.08. The first-order chi connectivity index (χ1) is 7.99. The summed E-state index contributed by atoms with van der Waals surface area (Å²) in [5, 5.41) is -0.345. The van der Waals surface area contributed by atoms with Gasteiger partial charge in [-0.15, -0.1) is 22.9 Å². The van der Waals surface area contributed by atoms with Crippen LogP contribution >= 0.6 is 54.8 Å². The van der Waals surface area contributed by atoms with E-state index in [-0.39, 0.29) is 11.2 Å². The summed E-state index contributed by atoms with van der Waals surface area (Å²) < 4.78 is 15.2. The predicted molar refractivity (Wildman–Crippen MR) is 78.6 cm³/mol. The topological polar surface area (TPSA) is 0 Å². The molecule has 0 N–H and O–H groups in total. The molecule has 0 saturated carbocycles. The molecular formula is C12H8Br2ClFS. The van der Waals surface area contributed by atoms with Crippen LogP contribution < -0.4 is 0 Å². The van der Waals surface area contributed by atoms with E-state index in [1.807, 2.05) is 13.0 Å². The molecule has 5 heteroatoms. The maximum Gasteiger partial charge on any atom is 0.123 e. The molecule has 2 aromatic rings. The highest BCUT2D eigenvalue weighted by Crippen LogP contribution is 2.41. The summed E-state index contributed by atoms with van der Waals surface area (Å²) in [5.41, 5.74) is 2.75. The minimum atomic E-state index is -0.345. The van der Waals surface area contributed by atoms with E-state index in [1.165, 1.54) is 12.1 Å². The molecule has 0 aliphatic rings. The van der Waals surface area contributed by atoms with Crippen LogP contribution in [-0.4, -0.2) is 0 Å². The van der Waals surface area contributed by atoms with Gasteiger partial charge in [-0.25, -0.2) is 4.39 Å². The van der Waals surface area contributed by atoms with Crippen molar-refractivity contribution < 1.29 is 4.39 Å². The third-order valence-corrected chi connectivity index (χ3v) is 5.33. The molecule has 0 radical (unpaired) electrons. The number of hydrogen-bond donors (Lipinski definition) is 0. The highest BCUT2D eigenvalue weighted by molar-refractivity contribution is 9.12. The van der Waals surface area contributed by atoms with Crippen LogP contribution in [0, 0.1) is 12.7 Å². The molecule has 0 saturated heterocycles. The van der Waals surface area contributed by atoms with Gasteiger partial charge in [-0.2, -0.15) is 0 Å². The van der Waals surface area contributed by atoms with Crippen molar-refractivity contribution in [2.45, 2.75) is 12.3 Å². The third-order valence-electron chi connectivity index (χ3n) is 2.47. The van der Waals surface area contributed by atoms with E-state index in [2.05, 4.69) is 31.9 Å². The van der Waals surface area contributed by atoms with E-state index in [0.717, 1.165) is 24.3 Å². The molecule has 0 amide bonds. The van der Waals surface area contributed by atoms with Crippen molar-refractivity contribution in [3.05, 3.63) is 54.3 Å². The molecule has 2 rings (SSSR count). The van der Waals surface area contributed by atoms with E-state index in [4.69, 9.17) is 11.6 Å². The van der Waals surface area contributed by atoms with Crippen molar-refractivity contribution in [1.82, 2.24) is 0 Å². The van der Waals surface area contributed by atoms with Crippen molar-refractivity contribution in [2.24, 2.45) is 0 Å². The zero-order valence-corrected chi connectivity index (χ0v) is 13.6. The number of benzene rings is 1. The van der Waals surface area contributed by atoms with E-state index < -0.39 is 0 Å². The molecule has 1 heterocycles. The van der Waals surface area contributed by atoms with Gasteiger partial charge in [0.05, 0.1) is 12.9 Å². The molecule has 1 aromatic carbocycles. The molecule has 0 spiro atoms. The summed E-state index contributed by atoms with van der Waals surface area (Å²) in [6.45, 7) is 1.93. The second-order valence-corrected chi connectivity index (χ2v) is 7.83. The third kappa shape index (κ3) is 2.92. The lowest BCUT2D eigenvalue weighted by atomic mass is 10.0. The summed E-state index contributed by atoms with van der Waals surface area (Å²) in [6.07, 6.45) is 0. The van der Waals surface area contributed by atoms with Crippen LogP contribution in [0.15, 0.2) is 31.8 Å². The Hall–Kier alpha value is 0.1000. The minimum Gasteiger partial charge on any atom is -0.207 e. The lowest BCUT2D eigenvalue weighted by Gasteiger charge is -2.12. The summed E-state index contributed by atoms with van der Waals surface area (Å²) in [5.74, 6) is -0.262. The second kappa shape index (κ2) is 5.39. The van der Waals surface area contributed by atoms with E-state index in [9.17, 15) is 4.39 Å². The summed E-state index contributed by atoms with van der Waals surface area (Å²) in [4.78, 5) is 0. The fraction of sp³-hybridized carbons (Fsp3) is 0.167. The van der Waals surface area contributed by atoms with Gasteiger partial charge in [-0.05, 0) is 68.1 Å². The molecule has 0 fully saturated rings. The van der Waals surface area contributed by atoms with E-state index in [0.29, 0.717) is 0 Å². The van der Waals surface area contributed by atoms with Crippen LogP contribution in [0.4, 0.5) is 4.39 Å². The molecular weight excluding hydrogens is 390 g/mol. The van der Waals surface area contributed by atoms with Crippen molar-refractivity contribution in [3.8, 4) is 0 Å². The monoisotopic (exact) mass is 396 g/mol. The highest BCUT2D eigenvalue weighted by Gasteiger charge is 2.18. The SMILES string of the molecule is Cc1ccc(F)cc1C(Cl)c1cc(Br)sc1Br. The van der Waals surface area contributed by atoms with E-state index in [1.54, 1.807) is 17.4 Å². The predicted octanol–water partition coefficient (Wildman–Crippen LogP) is 6.05. The summed E-state index contributed by atoms with van der Waals surface area (Å²) >= 11 is 14.9. The lowest BCUT2D eigenvalue weighted by Crippen LogP contribution is -1.96. The Bertz CT molecular complexity index is 553. The van der Waals surface area contributed by atoms with Gasteiger partial charge in [0, 0.05) is 5.56 Å². The van der Waals surface area contributed by atoms with Crippen molar-refractivity contribution in [2.75, 3.05) is 0 Å². The van der Waals surface area contributed by atoms with Gasteiger partial charge in [0.25, 0.3) is 0 Å². The van der Waals surface area contributed by atoms with Gasteiger partial charge in [-0.1, -0.05) is 6.07 Å². The number of thiophene rings is 1. The smallest absolute Gasteiger partial charge is 0.123 e. The zero-order chi connectivity index (χ0) is 12.6. The van der Waals surface area contributed by atoms with Crippen LogP contribution in [0.5, 0.6) is 0 Å². The van der Waals surface area contributed by atoms with Crippen molar-refractivity contribution in [3.63, 3.8) is 0 Å². The van der Waals surface area contributed by atoms with E-state index >= 15 is 0 Å². The highest BCUT2D eigenvalue weighted by atomic mass is 79.9. The van der Waals surface area contributed by atoms with Crippen LogP contribution in [0.2, 0.25) is 0 Å². The summed E-state index contributed by atoms with van der Waals surface area (Å²) in [7, 11) is 0. The fourth-order valence-electron chi connectivity index (χ4n) is 1.58. The Morgan fingerprint density at radius 3 is 2.53 bits per heavy atom. The molecule has 1 aromatic heterocycles. The average molecular weight is 399 g/mol. The molecule has 0 aliphatic carbocycles. The minimum absolute atomic E-state index is 0.262. The summed E-state index contributed by atoms with van der Waals surface area (Å²) in [6, 6.07) is 6.64. The Kier molecular flexibility index (Phi) is 4.29. The maximum absolute atomic E-state index is 13.3. The number of hydrogen-bond acceptors (Lipinski definition) is 1. The maximum atomic E-state index is 13.3. The number of halogens is 4. The molecule has 90 valence electrons. The van der Waals surface area contributed by atoms with Gasteiger partial charge in [-0.3, -0.25) is 0 Å². The zero-order valence-electron chi connectivity index (χ0n) is 8.81. The lowest BCUT2D eigenvalue weighted by molar-refractivity contribution is 0.625. The second-order valence-electron chi connectivity index (χ2n) is 3.64. The molecule has 1 unspecified atom stereocenters. The number of aryl methyl sites for hydroxylation is 1. The number of alkyl halides is 1. The van der Waals surface area contributed by atoms with Gasteiger partial charge >= 0.3 is 0 Å². The Balaban J connectivity index is 2.46. The van der Waals surface area contributed by atoms with Crippen LogP contribution in [-0.2, 0) is 0 Å². The molecule has 17 heavy (non-hydrogen) atoms. The van der Waals surface area contributed by atoms with Gasteiger partial charge in [0.15, 0.2) is 0 Å². The average Bonchev–Trinajstić information content (AvgIpc) is 2.60. The van der Waals surface area contributed by atoms with Crippen LogP contribution in [0.1, 0.15) is 22.1 Å². The quantitative estimate of drug-likeness (QED) is 0.540. The Labute approximate surface area is 125 Å². The van der Waals surface area contributed by atoms with Crippen molar-refractivity contribution >= 4 is 54.8 Å². The first-order valence-electron chi connectivity index (χ1n) is 4.84. The van der Waals surface area contributed by atoms with Gasteiger partial charge in [0.1, 0.15) is 5.82 Å².